The highest BCUT2D eigenvalue weighted by Crippen LogP contribution is 2.30. The highest BCUT2D eigenvalue weighted by Gasteiger charge is 2.30. The molecule has 0 aromatic heterocycles. The molecule has 1 saturated carbocycles. The molecule has 0 unspecified atom stereocenters. The molecule has 0 bridgehead atoms. The Morgan fingerprint density at radius 1 is 1.33 bits per heavy atom. The average molecular weight is 171 g/mol. The number of hydrogen-bond acceptors (Lipinski definition) is 4. The van der Waals surface area contributed by atoms with Gasteiger partial charge in [-0.15, -0.1) is 0 Å². The van der Waals surface area contributed by atoms with Gasteiger partial charge in [-0.2, -0.15) is 0 Å². The summed E-state index contributed by atoms with van der Waals surface area (Å²) < 4.78 is 4.51. The Morgan fingerprint density at radius 2 is 1.92 bits per heavy atom. The molecule has 68 valence electrons. The number of esters is 1. The van der Waals surface area contributed by atoms with Gasteiger partial charge in [0.2, 0.25) is 0 Å². The minimum absolute atomic E-state index is 0.238. The standard InChI is InChI=1S/C8H12O4/c1-12-8(11)6-3-2-5(4-6)7(9)10/h5-6H,2-4H2,1H3,(H,9,10)/p-1/t5-,6-/m1/s1. The van der Waals surface area contributed by atoms with Gasteiger partial charge in [-0.25, -0.2) is 0 Å². The number of carboxylic acid groups (broad SMARTS) is 1. The molecule has 1 aliphatic rings. The summed E-state index contributed by atoms with van der Waals surface area (Å²) in [5.74, 6) is -2.06. The van der Waals surface area contributed by atoms with Crippen LogP contribution in [0.2, 0.25) is 0 Å². The quantitative estimate of drug-likeness (QED) is 0.516. The maximum Gasteiger partial charge on any atom is 0.308 e. The minimum Gasteiger partial charge on any atom is -0.550 e. The molecule has 0 aromatic carbocycles. The molecule has 0 saturated heterocycles. The average Bonchev–Trinajstić information content (AvgIpc) is 2.51. The Labute approximate surface area is 70.5 Å². The lowest BCUT2D eigenvalue weighted by Crippen LogP contribution is -2.30. The Bertz CT molecular complexity index is 199. The van der Waals surface area contributed by atoms with Crippen molar-refractivity contribution in [1.29, 1.82) is 0 Å². The molecule has 0 N–H and O–H groups in total. The number of carbonyl (C=O) groups is 2. The molecule has 4 heteroatoms. The van der Waals surface area contributed by atoms with E-state index in [1.807, 2.05) is 0 Å². The van der Waals surface area contributed by atoms with Gasteiger partial charge in [0.25, 0.3) is 0 Å². The zero-order valence-corrected chi connectivity index (χ0v) is 6.91. The number of ether oxygens (including phenoxy) is 1. The largest absolute Gasteiger partial charge is 0.550 e. The number of rotatable bonds is 2. The summed E-state index contributed by atoms with van der Waals surface area (Å²) in [7, 11) is 1.31. The second-order valence-corrected chi connectivity index (χ2v) is 3.05. The van der Waals surface area contributed by atoms with E-state index in [0.29, 0.717) is 19.3 Å². The van der Waals surface area contributed by atoms with E-state index >= 15 is 0 Å². The summed E-state index contributed by atoms with van der Waals surface area (Å²) in [6.45, 7) is 0. The maximum absolute atomic E-state index is 10.9. The lowest BCUT2D eigenvalue weighted by atomic mass is 10.1. The van der Waals surface area contributed by atoms with Crippen LogP contribution >= 0.6 is 0 Å². The highest BCUT2D eigenvalue weighted by atomic mass is 16.5. The molecule has 1 aliphatic carbocycles. The Hall–Kier alpha value is -1.06. The second-order valence-electron chi connectivity index (χ2n) is 3.05. The first-order valence-electron chi connectivity index (χ1n) is 3.94. The zero-order valence-electron chi connectivity index (χ0n) is 6.91. The third kappa shape index (κ3) is 1.75. The van der Waals surface area contributed by atoms with Crippen molar-refractivity contribution in [3.63, 3.8) is 0 Å². The molecule has 2 atom stereocenters. The Balaban J connectivity index is 2.45. The van der Waals surface area contributed by atoms with Crippen molar-refractivity contribution in [2.75, 3.05) is 7.11 Å². The third-order valence-corrected chi connectivity index (χ3v) is 2.30. The minimum atomic E-state index is -1.05. The topological polar surface area (TPSA) is 66.4 Å². The van der Waals surface area contributed by atoms with Crippen LogP contribution < -0.4 is 5.11 Å². The summed E-state index contributed by atoms with van der Waals surface area (Å²) >= 11 is 0. The van der Waals surface area contributed by atoms with Crippen molar-refractivity contribution >= 4 is 11.9 Å². The molecule has 0 heterocycles. The number of methoxy groups -OCH3 is 1. The van der Waals surface area contributed by atoms with Gasteiger partial charge in [-0.05, 0) is 25.2 Å². The summed E-state index contributed by atoms with van der Waals surface area (Å²) in [5, 5.41) is 10.4. The van der Waals surface area contributed by atoms with Crippen LogP contribution in [0, 0.1) is 11.8 Å². The number of aliphatic carboxylic acids is 1. The van der Waals surface area contributed by atoms with Gasteiger partial charge in [-0.1, -0.05) is 0 Å². The van der Waals surface area contributed by atoms with E-state index in [4.69, 9.17) is 0 Å². The van der Waals surface area contributed by atoms with Crippen molar-refractivity contribution in [3.05, 3.63) is 0 Å². The molecule has 0 aliphatic heterocycles. The fourth-order valence-electron chi connectivity index (χ4n) is 1.58. The summed E-state index contributed by atoms with van der Waals surface area (Å²) in [4.78, 5) is 21.3. The van der Waals surface area contributed by atoms with E-state index in [9.17, 15) is 14.7 Å². The first-order valence-corrected chi connectivity index (χ1v) is 3.94. The van der Waals surface area contributed by atoms with Gasteiger partial charge in [0.1, 0.15) is 0 Å². The smallest absolute Gasteiger partial charge is 0.308 e. The van der Waals surface area contributed by atoms with Gasteiger partial charge in [-0.3, -0.25) is 4.79 Å². The van der Waals surface area contributed by atoms with Crippen LogP contribution in [0.25, 0.3) is 0 Å². The van der Waals surface area contributed by atoms with Crippen LogP contribution in [0.5, 0.6) is 0 Å². The molecule has 0 spiro atoms. The Kier molecular flexibility index (Phi) is 2.68. The maximum atomic E-state index is 10.9. The van der Waals surface area contributed by atoms with Gasteiger partial charge >= 0.3 is 5.97 Å². The van der Waals surface area contributed by atoms with Gasteiger partial charge in [0.05, 0.1) is 13.0 Å². The van der Waals surface area contributed by atoms with Crippen molar-refractivity contribution < 1.29 is 19.4 Å². The summed E-state index contributed by atoms with van der Waals surface area (Å²) in [6.07, 6.45) is 1.50. The number of carboxylic acids is 1. The van der Waals surface area contributed by atoms with Crippen molar-refractivity contribution in [1.82, 2.24) is 0 Å². The lowest BCUT2D eigenvalue weighted by molar-refractivity contribution is -0.311. The van der Waals surface area contributed by atoms with Crippen molar-refractivity contribution in [2.45, 2.75) is 19.3 Å². The van der Waals surface area contributed by atoms with Crippen molar-refractivity contribution in [2.24, 2.45) is 11.8 Å². The van der Waals surface area contributed by atoms with E-state index in [1.54, 1.807) is 0 Å². The molecular formula is C8H11O4-. The fraction of sp³-hybridized carbons (Fsp3) is 0.750. The van der Waals surface area contributed by atoms with E-state index in [1.165, 1.54) is 7.11 Å². The van der Waals surface area contributed by atoms with Gasteiger partial charge in [0, 0.05) is 5.97 Å². The van der Waals surface area contributed by atoms with Crippen molar-refractivity contribution in [3.8, 4) is 0 Å². The van der Waals surface area contributed by atoms with E-state index in [-0.39, 0.29) is 11.9 Å². The van der Waals surface area contributed by atoms with Crippen LogP contribution in [0.15, 0.2) is 0 Å². The van der Waals surface area contributed by atoms with Crippen LogP contribution in [-0.4, -0.2) is 19.0 Å². The molecule has 0 amide bonds. The fourth-order valence-corrected chi connectivity index (χ4v) is 1.58. The van der Waals surface area contributed by atoms with Crippen LogP contribution in [0.4, 0.5) is 0 Å². The number of carbonyl (C=O) groups excluding carboxylic acids is 2. The molecule has 12 heavy (non-hydrogen) atoms. The molecule has 1 fully saturated rings. The normalized spacial score (nSPS) is 28.4. The van der Waals surface area contributed by atoms with Crippen LogP contribution in [0.1, 0.15) is 19.3 Å². The monoisotopic (exact) mass is 171 g/mol. The van der Waals surface area contributed by atoms with Crippen LogP contribution in [0.3, 0.4) is 0 Å². The highest BCUT2D eigenvalue weighted by molar-refractivity contribution is 5.75. The molecular weight excluding hydrogens is 160 g/mol. The SMILES string of the molecule is COC(=O)[C@@H]1CC[C@@H](C(=O)[O-])C1. The zero-order chi connectivity index (χ0) is 9.14. The molecule has 1 rings (SSSR count). The summed E-state index contributed by atoms with van der Waals surface area (Å²) in [6, 6.07) is 0. The number of hydrogen-bond donors (Lipinski definition) is 0. The first-order chi connectivity index (χ1) is 5.65. The van der Waals surface area contributed by atoms with Gasteiger partial charge in [0.15, 0.2) is 0 Å². The third-order valence-electron chi connectivity index (χ3n) is 2.30. The van der Waals surface area contributed by atoms with Crippen LogP contribution in [-0.2, 0) is 14.3 Å². The summed E-state index contributed by atoms with van der Waals surface area (Å²) in [5.41, 5.74) is 0. The molecule has 0 aromatic rings. The van der Waals surface area contributed by atoms with E-state index in [2.05, 4.69) is 4.74 Å². The first kappa shape index (κ1) is 9.03. The lowest BCUT2D eigenvalue weighted by Gasteiger charge is -2.10. The predicted molar refractivity (Wildman–Crippen MR) is 37.9 cm³/mol. The molecule has 0 radical (unpaired) electrons. The predicted octanol–water partition coefficient (Wildman–Crippen LogP) is -0.674. The van der Waals surface area contributed by atoms with E-state index in [0.717, 1.165) is 0 Å². The van der Waals surface area contributed by atoms with Gasteiger partial charge < -0.3 is 14.6 Å². The Morgan fingerprint density at radius 3 is 2.33 bits per heavy atom. The second kappa shape index (κ2) is 3.56. The van der Waals surface area contributed by atoms with E-state index < -0.39 is 11.9 Å². The molecule has 4 nitrogen and oxygen atoms in total.